The van der Waals surface area contributed by atoms with E-state index in [1.165, 1.54) is 41.7 Å². The number of nitrogens with one attached hydrogen (secondary N) is 1. The first-order valence-electron chi connectivity index (χ1n) is 10.6. The van der Waals surface area contributed by atoms with Crippen molar-refractivity contribution in [2.75, 3.05) is 20.1 Å². The van der Waals surface area contributed by atoms with Crippen LogP contribution < -0.4 is 5.32 Å². The summed E-state index contributed by atoms with van der Waals surface area (Å²) in [6.07, 6.45) is 1.53. The van der Waals surface area contributed by atoms with Crippen molar-refractivity contribution in [1.82, 2.24) is 14.5 Å². The van der Waals surface area contributed by atoms with Gasteiger partial charge in [0, 0.05) is 38.8 Å². The Morgan fingerprint density at radius 3 is 2.41 bits per heavy atom. The van der Waals surface area contributed by atoms with Crippen molar-refractivity contribution >= 4 is 27.5 Å². The van der Waals surface area contributed by atoms with E-state index in [1.54, 1.807) is 26.0 Å². The average molecular weight is 482 g/mol. The minimum atomic E-state index is -3.72. The van der Waals surface area contributed by atoms with Crippen molar-refractivity contribution in [3.63, 3.8) is 0 Å². The van der Waals surface area contributed by atoms with Gasteiger partial charge in [-0.15, -0.1) is 0 Å². The highest BCUT2D eigenvalue weighted by atomic mass is 35.5. The number of halogens is 2. The molecule has 0 saturated carbocycles. The van der Waals surface area contributed by atoms with E-state index in [-0.39, 0.29) is 39.3 Å². The zero-order chi connectivity index (χ0) is 23.5. The largest absolute Gasteiger partial charge is 0.349 e. The molecule has 1 saturated heterocycles. The van der Waals surface area contributed by atoms with Crippen LogP contribution in [0.1, 0.15) is 42.6 Å². The van der Waals surface area contributed by atoms with Crippen LogP contribution >= 0.6 is 11.6 Å². The molecule has 1 heterocycles. The Labute approximate surface area is 194 Å². The van der Waals surface area contributed by atoms with Gasteiger partial charge in [0.1, 0.15) is 5.82 Å². The number of benzene rings is 2. The van der Waals surface area contributed by atoms with Gasteiger partial charge >= 0.3 is 0 Å². The van der Waals surface area contributed by atoms with E-state index in [2.05, 4.69) is 10.2 Å². The molecule has 1 aliphatic heterocycles. The first kappa shape index (κ1) is 24.6. The molecule has 1 aliphatic rings. The Balaban J connectivity index is 1.62. The fourth-order valence-electron chi connectivity index (χ4n) is 3.63. The second kappa shape index (κ2) is 10.3. The lowest BCUT2D eigenvalue weighted by Gasteiger charge is -2.32. The number of hydrogen-bond donors (Lipinski definition) is 1. The second-order valence-corrected chi connectivity index (χ2v) is 10.8. The van der Waals surface area contributed by atoms with Crippen LogP contribution in [0.2, 0.25) is 5.02 Å². The van der Waals surface area contributed by atoms with Crippen LogP contribution in [0.25, 0.3) is 0 Å². The third kappa shape index (κ3) is 5.86. The Morgan fingerprint density at radius 2 is 1.81 bits per heavy atom. The lowest BCUT2D eigenvalue weighted by molar-refractivity contribution is 0.0909. The minimum Gasteiger partial charge on any atom is -0.349 e. The van der Waals surface area contributed by atoms with E-state index in [1.807, 2.05) is 0 Å². The predicted octanol–water partition coefficient (Wildman–Crippen LogP) is 3.90. The lowest BCUT2D eigenvalue weighted by Crippen LogP contribution is -2.44. The monoisotopic (exact) mass is 481 g/mol. The molecular weight excluding hydrogens is 453 g/mol. The van der Waals surface area contributed by atoms with Crippen LogP contribution in [0.4, 0.5) is 4.39 Å². The fourth-order valence-corrected chi connectivity index (χ4v) is 5.23. The summed E-state index contributed by atoms with van der Waals surface area (Å²) in [7, 11) is -2.21. The van der Waals surface area contributed by atoms with E-state index < -0.39 is 10.0 Å². The molecule has 32 heavy (non-hydrogen) atoms. The van der Waals surface area contributed by atoms with Crippen LogP contribution in [-0.2, 0) is 16.6 Å². The molecule has 2 aromatic rings. The fraction of sp³-hybridized carbons (Fsp3) is 0.435. The zero-order valence-corrected chi connectivity index (χ0v) is 20.1. The second-order valence-electron chi connectivity index (χ2n) is 8.41. The molecular formula is C23H29ClFN3O3S. The van der Waals surface area contributed by atoms with Gasteiger partial charge in [-0.2, -0.15) is 4.31 Å². The molecule has 9 heteroatoms. The molecule has 0 atom stereocenters. The molecule has 6 nitrogen and oxygen atoms in total. The number of carbonyl (C=O) groups excluding carboxylic acids is 1. The molecule has 174 valence electrons. The van der Waals surface area contributed by atoms with Crippen LogP contribution in [0, 0.1) is 5.82 Å². The van der Waals surface area contributed by atoms with Crippen molar-refractivity contribution in [2.45, 2.75) is 50.2 Å². The van der Waals surface area contributed by atoms with Crippen molar-refractivity contribution in [3.05, 3.63) is 64.4 Å². The molecule has 1 fully saturated rings. The maximum atomic E-state index is 13.1. The third-order valence-corrected chi connectivity index (χ3v) is 8.19. The molecule has 1 N–H and O–H groups in total. The van der Waals surface area contributed by atoms with E-state index in [9.17, 15) is 17.6 Å². The average Bonchev–Trinajstić information content (AvgIpc) is 2.76. The Kier molecular flexibility index (Phi) is 7.92. The van der Waals surface area contributed by atoms with E-state index in [0.717, 1.165) is 38.0 Å². The number of piperidine rings is 1. The minimum absolute atomic E-state index is 0.0263. The van der Waals surface area contributed by atoms with Gasteiger partial charge in [0.25, 0.3) is 5.91 Å². The maximum absolute atomic E-state index is 13.1. The SMILES string of the molecule is CC(C)N(C)S(=O)(=O)c1ccc(Cl)c(C(=O)NC2CCN(Cc3ccc(F)cc3)CC2)c1. The summed E-state index contributed by atoms with van der Waals surface area (Å²) in [4.78, 5) is 15.2. The summed E-state index contributed by atoms with van der Waals surface area (Å²) in [5, 5.41) is 3.20. The number of sulfonamides is 1. The number of rotatable bonds is 7. The van der Waals surface area contributed by atoms with Gasteiger partial charge < -0.3 is 5.32 Å². The number of amides is 1. The molecule has 0 spiro atoms. The molecule has 2 aromatic carbocycles. The summed E-state index contributed by atoms with van der Waals surface area (Å²) in [6.45, 7) is 5.89. The summed E-state index contributed by atoms with van der Waals surface area (Å²) in [6, 6.07) is 10.4. The quantitative estimate of drug-likeness (QED) is 0.651. The van der Waals surface area contributed by atoms with Crippen LogP contribution in [-0.4, -0.2) is 55.8 Å². The van der Waals surface area contributed by atoms with E-state index in [0.29, 0.717) is 0 Å². The smallest absolute Gasteiger partial charge is 0.253 e. The summed E-state index contributed by atoms with van der Waals surface area (Å²) in [5.74, 6) is -0.627. The van der Waals surface area contributed by atoms with Gasteiger partial charge in [-0.3, -0.25) is 9.69 Å². The topological polar surface area (TPSA) is 69.7 Å². The highest BCUT2D eigenvalue weighted by molar-refractivity contribution is 7.89. The van der Waals surface area contributed by atoms with Gasteiger partial charge in [-0.1, -0.05) is 23.7 Å². The number of hydrogen-bond acceptors (Lipinski definition) is 4. The maximum Gasteiger partial charge on any atom is 0.253 e. The van der Waals surface area contributed by atoms with Gasteiger partial charge in [0.05, 0.1) is 15.5 Å². The molecule has 0 unspecified atom stereocenters. The van der Waals surface area contributed by atoms with E-state index >= 15 is 0 Å². The number of carbonyl (C=O) groups is 1. The molecule has 0 aromatic heterocycles. The summed E-state index contributed by atoms with van der Waals surface area (Å²) in [5.41, 5.74) is 1.20. The van der Waals surface area contributed by atoms with Crippen LogP contribution in [0.15, 0.2) is 47.4 Å². The number of nitrogens with zero attached hydrogens (tertiary/aromatic N) is 2. The highest BCUT2D eigenvalue weighted by Crippen LogP contribution is 2.24. The molecule has 0 bridgehead atoms. The first-order chi connectivity index (χ1) is 15.1. The number of likely N-dealkylation sites (tertiary alicyclic amines) is 1. The Bertz CT molecular complexity index is 1050. The van der Waals surface area contributed by atoms with Crippen molar-refractivity contribution in [2.24, 2.45) is 0 Å². The Hall–Kier alpha value is -2.00. The Morgan fingerprint density at radius 1 is 1.19 bits per heavy atom. The molecule has 3 rings (SSSR count). The zero-order valence-electron chi connectivity index (χ0n) is 18.5. The van der Waals surface area contributed by atoms with Gasteiger partial charge in [0.2, 0.25) is 10.0 Å². The first-order valence-corrected chi connectivity index (χ1v) is 12.4. The van der Waals surface area contributed by atoms with Crippen molar-refractivity contribution in [3.8, 4) is 0 Å². The standard InChI is InChI=1S/C23H29ClFN3O3S/c1-16(2)27(3)32(30,31)20-8-9-22(24)21(14-20)23(29)26-19-10-12-28(13-11-19)15-17-4-6-18(25)7-5-17/h4-9,14,16,19H,10-13,15H2,1-3H3,(H,26,29). The van der Waals surface area contributed by atoms with Crippen LogP contribution in [0.3, 0.4) is 0 Å². The normalized spacial score (nSPS) is 16.0. The predicted molar refractivity (Wildman–Crippen MR) is 124 cm³/mol. The van der Waals surface area contributed by atoms with Crippen molar-refractivity contribution in [1.29, 1.82) is 0 Å². The lowest BCUT2D eigenvalue weighted by atomic mass is 10.0. The van der Waals surface area contributed by atoms with Gasteiger partial charge in [-0.25, -0.2) is 12.8 Å². The van der Waals surface area contributed by atoms with E-state index in [4.69, 9.17) is 11.6 Å². The van der Waals surface area contributed by atoms with Gasteiger partial charge in [-0.05, 0) is 62.6 Å². The summed E-state index contributed by atoms with van der Waals surface area (Å²) < 4.78 is 39.9. The molecule has 0 aliphatic carbocycles. The summed E-state index contributed by atoms with van der Waals surface area (Å²) >= 11 is 6.22. The van der Waals surface area contributed by atoms with Crippen molar-refractivity contribution < 1.29 is 17.6 Å². The highest BCUT2D eigenvalue weighted by Gasteiger charge is 2.26. The molecule has 1 amide bonds. The third-order valence-electron chi connectivity index (χ3n) is 5.83. The molecule has 0 radical (unpaired) electrons. The van der Waals surface area contributed by atoms with Crippen LogP contribution in [0.5, 0.6) is 0 Å². The van der Waals surface area contributed by atoms with Gasteiger partial charge in [0.15, 0.2) is 0 Å².